The fraction of sp³-hybridized carbons (Fsp3) is 0.182. The fourth-order valence-electron chi connectivity index (χ4n) is 0.973. The van der Waals surface area contributed by atoms with Crippen LogP contribution in [-0.4, -0.2) is 25.1 Å². The van der Waals surface area contributed by atoms with Gasteiger partial charge in [0.2, 0.25) is 0 Å². The Morgan fingerprint density at radius 1 is 1.53 bits per heavy atom. The Kier molecular flexibility index (Phi) is 4.52. The summed E-state index contributed by atoms with van der Waals surface area (Å²) >= 11 is 3.36. The van der Waals surface area contributed by atoms with E-state index in [4.69, 9.17) is 4.84 Å². The van der Waals surface area contributed by atoms with Gasteiger partial charge < -0.3 is 0 Å². The van der Waals surface area contributed by atoms with E-state index in [1.165, 1.54) is 13.2 Å². The number of nitrogens with zero attached hydrogens (tertiary/aromatic N) is 1. The van der Waals surface area contributed by atoms with Gasteiger partial charge >= 0.3 is 0 Å². The molecule has 3 nitrogen and oxygen atoms in total. The maximum absolute atomic E-state index is 11.3. The van der Waals surface area contributed by atoms with Crippen molar-refractivity contribution in [2.75, 3.05) is 14.2 Å². The molecular formula is C11H12BrNO2. The molecule has 80 valence electrons. The van der Waals surface area contributed by atoms with Crippen molar-refractivity contribution in [3.63, 3.8) is 0 Å². The van der Waals surface area contributed by atoms with Gasteiger partial charge in [-0.15, -0.1) is 0 Å². The summed E-state index contributed by atoms with van der Waals surface area (Å²) in [6, 6.07) is 7.69. The minimum absolute atomic E-state index is 0.197. The van der Waals surface area contributed by atoms with Crippen LogP contribution < -0.4 is 0 Å². The van der Waals surface area contributed by atoms with E-state index in [2.05, 4.69) is 15.9 Å². The largest absolute Gasteiger partial charge is 0.274 e. The molecule has 0 atom stereocenters. The van der Waals surface area contributed by atoms with E-state index in [-0.39, 0.29) is 5.91 Å². The predicted molar refractivity (Wildman–Crippen MR) is 63.0 cm³/mol. The van der Waals surface area contributed by atoms with Crippen molar-refractivity contribution in [2.24, 2.45) is 0 Å². The van der Waals surface area contributed by atoms with E-state index in [0.29, 0.717) is 0 Å². The van der Waals surface area contributed by atoms with Crippen LogP contribution in [-0.2, 0) is 9.63 Å². The number of hydrogen-bond donors (Lipinski definition) is 0. The predicted octanol–water partition coefficient (Wildman–Crippen LogP) is 2.48. The molecule has 4 heteroatoms. The second kappa shape index (κ2) is 5.68. The quantitative estimate of drug-likeness (QED) is 0.623. The molecule has 0 aliphatic rings. The standard InChI is InChI=1S/C11H12BrNO2/c1-13(15-2)11(14)7-6-9-4-3-5-10(12)8-9/h3-8H,1-2H3/b7-6-. The zero-order chi connectivity index (χ0) is 11.3. The van der Waals surface area contributed by atoms with E-state index in [0.717, 1.165) is 15.1 Å². The van der Waals surface area contributed by atoms with Crippen LogP contribution in [0.25, 0.3) is 6.08 Å². The molecule has 0 spiro atoms. The van der Waals surface area contributed by atoms with Gasteiger partial charge in [-0.1, -0.05) is 28.1 Å². The van der Waals surface area contributed by atoms with Crippen molar-refractivity contribution >= 4 is 27.9 Å². The Hall–Kier alpha value is -1.13. The maximum atomic E-state index is 11.3. The molecule has 0 bridgehead atoms. The number of likely N-dealkylation sites (N-methyl/N-ethyl adjacent to an activating group) is 1. The molecule has 1 aromatic carbocycles. The Labute approximate surface area is 97.4 Å². The number of hydroxylamine groups is 2. The van der Waals surface area contributed by atoms with Gasteiger partial charge in [-0.25, -0.2) is 5.06 Å². The molecule has 15 heavy (non-hydrogen) atoms. The average Bonchev–Trinajstić information content (AvgIpc) is 2.25. The van der Waals surface area contributed by atoms with Gasteiger partial charge in [0.15, 0.2) is 0 Å². The van der Waals surface area contributed by atoms with Crippen LogP contribution in [0.2, 0.25) is 0 Å². The van der Waals surface area contributed by atoms with Crippen molar-refractivity contribution in [3.8, 4) is 0 Å². The summed E-state index contributed by atoms with van der Waals surface area (Å²) in [6.45, 7) is 0. The first kappa shape index (κ1) is 11.9. The second-order valence-electron chi connectivity index (χ2n) is 2.91. The third-order valence-electron chi connectivity index (χ3n) is 1.85. The van der Waals surface area contributed by atoms with Gasteiger partial charge in [0, 0.05) is 17.6 Å². The molecule has 0 aromatic heterocycles. The topological polar surface area (TPSA) is 29.5 Å². The summed E-state index contributed by atoms with van der Waals surface area (Å²) in [5, 5.41) is 1.16. The van der Waals surface area contributed by atoms with E-state index < -0.39 is 0 Å². The smallest absolute Gasteiger partial charge is 0.269 e. The third-order valence-corrected chi connectivity index (χ3v) is 2.34. The van der Waals surface area contributed by atoms with Crippen LogP contribution in [0.15, 0.2) is 34.8 Å². The first-order chi connectivity index (χ1) is 7.13. The molecule has 0 aliphatic heterocycles. The van der Waals surface area contributed by atoms with Crippen molar-refractivity contribution < 1.29 is 9.63 Å². The highest BCUT2D eigenvalue weighted by Gasteiger charge is 2.01. The summed E-state index contributed by atoms with van der Waals surface area (Å²) in [5.41, 5.74) is 0.960. The molecule has 0 saturated heterocycles. The molecule has 0 fully saturated rings. The highest BCUT2D eigenvalue weighted by molar-refractivity contribution is 9.10. The Bertz CT molecular complexity index is 377. The maximum Gasteiger partial charge on any atom is 0.269 e. The van der Waals surface area contributed by atoms with Crippen LogP contribution in [0.5, 0.6) is 0 Å². The SMILES string of the molecule is CON(C)C(=O)/C=C\c1cccc(Br)c1. The number of rotatable bonds is 3. The van der Waals surface area contributed by atoms with Crippen LogP contribution in [0.3, 0.4) is 0 Å². The van der Waals surface area contributed by atoms with Crippen LogP contribution in [0, 0.1) is 0 Å². The normalized spacial score (nSPS) is 10.6. The van der Waals surface area contributed by atoms with Crippen LogP contribution >= 0.6 is 15.9 Å². The number of carbonyl (C=O) groups excluding carboxylic acids is 1. The van der Waals surface area contributed by atoms with Gasteiger partial charge in [0.1, 0.15) is 0 Å². The average molecular weight is 270 g/mol. The summed E-state index contributed by atoms with van der Waals surface area (Å²) < 4.78 is 0.984. The first-order valence-corrected chi connectivity index (χ1v) is 5.18. The summed E-state index contributed by atoms with van der Waals surface area (Å²) in [5.74, 6) is -0.197. The highest BCUT2D eigenvalue weighted by Crippen LogP contribution is 2.12. The first-order valence-electron chi connectivity index (χ1n) is 4.39. The molecule has 0 aliphatic carbocycles. The van der Waals surface area contributed by atoms with Crippen molar-refractivity contribution in [1.82, 2.24) is 5.06 Å². The minimum atomic E-state index is -0.197. The van der Waals surface area contributed by atoms with Gasteiger partial charge in [-0.05, 0) is 23.8 Å². The zero-order valence-corrected chi connectivity index (χ0v) is 10.2. The highest BCUT2D eigenvalue weighted by atomic mass is 79.9. The summed E-state index contributed by atoms with van der Waals surface area (Å²) in [4.78, 5) is 16.1. The number of benzene rings is 1. The molecule has 0 saturated carbocycles. The Balaban J connectivity index is 2.69. The Morgan fingerprint density at radius 3 is 2.87 bits per heavy atom. The van der Waals surface area contributed by atoms with Crippen molar-refractivity contribution in [2.45, 2.75) is 0 Å². The number of halogens is 1. The van der Waals surface area contributed by atoms with Crippen molar-refractivity contribution in [3.05, 3.63) is 40.4 Å². The molecule has 0 radical (unpaired) electrons. The van der Waals surface area contributed by atoms with E-state index in [9.17, 15) is 4.79 Å². The summed E-state index contributed by atoms with van der Waals surface area (Å²) in [6.07, 6.45) is 3.20. The monoisotopic (exact) mass is 269 g/mol. The minimum Gasteiger partial charge on any atom is -0.274 e. The molecule has 0 unspecified atom stereocenters. The van der Waals surface area contributed by atoms with Crippen molar-refractivity contribution in [1.29, 1.82) is 0 Å². The zero-order valence-electron chi connectivity index (χ0n) is 8.61. The molecule has 1 amide bonds. The fourth-order valence-corrected chi connectivity index (χ4v) is 1.39. The lowest BCUT2D eigenvalue weighted by Gasteiger charge is -2.09. The molecule has 1 aromatic rings. The lowest BCUT2D eigenvalue weighted by molar-refractivity contribution is -0.162. The van der Waals surface area contributed by atoms with E-state index in [1.807, 2.05) is 24.3 Å². The number of hydrogen-bond acceptors (Lipinski definition) is 2. The Morgan fingerprint density at radius 2 is 2.27 bits per heavy atom. The lowest BCUT2D eigenvalue weighted by Crippen LogP contribution is -2.22. The molecule has 1 rings (SSSR count). The molecule has 0 heterocycles. The molecule has 0 N–H and O–H groups in total. The van der Waals surface area contributed by atoms with E-state index >= 15 is 0 Å². The number of amides is 1. The van der Waals surface area contributed by atoms with Crippen LogP contribution in [0.4, 0.5) is 0 Å². The number of carbonyl (C=O) groups is 1. The molecular weight excluding hydrogens is 258 g/mol. The van der Waals surface area contributed by atoms with Gasteiger partial charge in [0.25, 0.3) is 5.91 Å². The van der Waals surface area contributed by atoms with Gasteiger partial charge in [0.05, 0.1) is 7.11 Å². The van der Waals surface area contributed by atoms with Crippen LogP contribution in [0.1, 0.15) is 5.56 Å². The third kappa shape index (κ3) is 3.85. The van der Waals surface area contributed by atoms with Gasteiger partial charge in [-0.3, -0.25) is 9.63 Å². The lowest BCUT2D eigenvalue weighted by atomic mass is 10.2. The van der Waals surface area contributed by atoms with Gasteiger partial charge in [-0.2, -0.15) is 0 Å². The second-order valence-corrected chi connectivity index (χ2v) is 3.82. The van der Waals surface area contributed by atoms with E-state index in [1.54, 1.807) is 13.1 Å². The summed E-state index contributed by atoms with van der Waals surface area (Å²) in [7, 11) is 3.01.